The van der Waals surface area contributed by atoms with E-state index in [0.717, 1.165) is 5.56 Å². The number of aryl methyl sites for hydroxylation is 1. The molecule has 1 aliphatic heterocycles. The Morgan fingerprint density at radius 3 is 2.44 bits per heavy atom. The molecule has 3 aromatic rings. The predicted molar refractivity (Wildman–Crippen MR) is 118 cm³/mol. The van der Waals surface area contributed by atoms with Gasteiger partial charge in [-0.05, 0) is 47.7 Å². The van der Waals surface area contributed by atoms with E-state index in [4.69, 9.17) is 4.42 Å². The monoisotopic (exact) mass is 433 g/mol. The highest BCUT2D eigenvalue weighted by Gasteiger charge is 2.46. The van der Waals surface area contributed by atoms with Crippen LogP contribution in [0.3, 0.4) is 0 Å². The fraction of sp³-hybridized carbons (Fsp3) is 0.231. The van der Waals surface area contributed by atoms with Crippen LogP contribution in [0.25, 0.3) is 5.76 Å². The van der Waals surface area contributed by atoms with Gasteiger partial charge in [-0.15, -0.1) is 0 Å². The Balaban J connectivity index is 1.86. The minimum Gasteiger partial charge on any atom is -0.507 e. The molecule has 164 valence electrons. The van der Waals surface area contributed by atoms with Crippen LogP contribution in [0.2, 0.25) is 0 Å². The van der Waals surface area contributed by atoms with Gasteiger partial charge in [0.1, 0.15) is 17.3 Å². The number of hydrogen-bond donors (Lipinski definition) is 1. The van der Waals surface area contributed by atoms with E-state index in [1.807, 2.05) is 24.3 Å². The van der Waals surface area contributed by atoms with E-state index >= 15 is 0 Å². The zero-order valence-electron chi connectivity index (χ0n) is 18.1. The van der Waals surface area contributed by atoms with E-state index < -0.39 is 29.3 Å². The van der Waals surface area contributed by atoms with Gasteiger partial charge in [0, 0.05) is 5.56 Å². The van der Waals surface area contributed by atoms with Crippen molar-refractivity contribution in [1.82, 2.24) is 4.90 Å². The third-order valence-electron chi connectivity index (χ3n) is 5.81. The molecule has 1 atom stereocenters. The maximum Gasteiger partial charge on any atom is 0.296 e. The van der Waals surface area contributed by atoms with Gasteiger partial charge in [-0.2, -0.15) is 0 Å². The largest absolute Gasteiger partial charge is 0.507 e. The SMILES string of the molecule is Cc1ccc(/C(O)=C2\C(=O)C(=O)N(Cc3ccco3)C2c2ccc(C(C)C)cc2)cc1F. The lowest BCUT2D eigenvalue weighted by Gasteiger charge is -2.25. The van der Waals surface area contributed by atoms with Gasteiger partial charge in [0.05, 0.1) is 24.4 Å². The first kappa shape index (κ1) is 21.6. The number of nitrogens with zero attached hydrogens (tertiary/aromatic N) is 1. The first-order valence-corrected chi connectivity index (χ1v) is 10.4. The predicted octanol–water partition coefficient (Wildman–Crippen LogP) is 5.47. The zero-order valence-corrected chi connectivity index (χ0v) is 18.1. The van der Waals surface area contributed by atoms with Crippen molar-refractivity contribution in [2.24, 2.45) is 0 Å². The van der Waals surface area contributed by atoms with Crippen LogP contribution >= 0.6 is 0 Å². The first-order valence-electron chi connectivity index (χ1n) is 10.4. The number of furan rings is 1. The van der Waals surface area contributed by atoms with Crippen LogP contribution in [-0.2, 0) is 16.1 Å². The fourth-order valence-corrected chi connectivity index (χ4v) is 3.92. The van der Waals surface area contributed by atoms with Crippen molar-refractivity contribution in [1.29, 1.82) is 0 Å². The quantitative estimate of drug-likeness (QED) is 0.329. The summed E-state index contributed by atoms with van der Waals surface area (Å²) in [6, 6.07) is 14.4. The third kappa shape index (κ3) is 3.84. The summed E-state index contributed by atoms with van der Waals surface area (Å²) < 4.78 is 19.6. The lowest BCUT2D eigenvalue weighted by molar-refractivity contribution is -0.140. The maximum atomic E-state index is 14.2. The van der Waals surface area contributed by atoms with E-state index in [0.29, 0.717) is 22.8 Å². The van der Waals surface area contributed by atoms with Gasteiger partial charge in [0.2, 0.25) is 0 Å². The van der Waals surface area contributed by atoms with Crippen LogP contribution < -0.4 is 0 Å². The van der Waals surface area contributed by atoms with Gasteiger partial charge in [-0.3, -0.25) is 9.59 Å². The molecule has 0 spiro atoms. The number of benzene rings is 2. The molecule has 0 aliphatic carbocycles. The molecule has 1 amide bonds. The summed E-state index contributed by atoms with van der Waals surface area (Å²) in [6.45, 7) is 5.82. The molecule has 1 unspecified atom stereocenters. The molecule has 2 aromatic carbocycles. The van der Waals surface area contributed by atoms with Gasteiger partial charge in [0.25, 0.3) is 11.7 Å². The number of carbonyl (C=O) groups is 2. The summed E-state index contributed by atoms with van der Waals surface area (Å²) in [5, 5.41) is 11.0. The molecule has 1 saturated heterocycles. The first-order chi connectivity index (χ1) is 15.3. The van der Waals surface area contributed by atoms with Gasteiger partial charge in [-0.25, -0.2) is 4.39 Å². The summed E-state index contributed by atoms with van der Waals surface area (Å²) in [6.07, 6.45) is 1.49. The van der Waals surface area contributed by atoms with Crippen molar-refractivity contribution >= 4 is 17.4 Å². The van der Waals surface area contributed by atoms with Crippen molar-refractivity contribution in [3.05, 3.63) is 100 Å². The molecule has 1 N–H and O–H groups in total. The van der Waals surface area contributed by atoms with Crippen LogP contribution in [0.5, 0.6) is 0 Å². The Morgan fingerprint density at radius 2 is 1.84 bits per heavy atom. The highest BCUT2D eigenvalue weighted by molar-refractivity contribution is 6.46. The fourth-order valence-electron chi connectivity index (χ4n) is 3.92. The van der Waals surface area contributed by atoms with E-state index in [9.17, 15) is 19.1 Å². The van der Waals surface area contributed by atoms with Gasteiger partial charge in [0.15, 0.2) is 0 Å². The summed E-state index contributed by atoms with van der Waals surface area (Å²) in [5.41, 5.74) is 2.28. The van der Waals surface area contributed by atoms with E-state index in [1.165, 1.54) is 29.4 Å². The number of Topliss-reactive ketones (excluding diaryl/α,β-unsaturated/α-hetero) is 1. The summed E-state index contributed by atoms with van der Waals surface area (Å²) in [7, 11) is 0. The minimum atomic E-state index is -0.828. The second-order valence-electron chi connectivity index (χ2n) is 8.29. The van der Waals surface area contributed by atoms with Crippen molar-refractivity contribution < 1.29 is 23.5 Å². The van der Waals surface area contributed by atoms with Gasteiger partial charge >= 0.3 is 0 Å². The molecule has 0 saturated carbocycles. The number of aliphatic hydroxyl groups excluding tert-OH is 1. The average Bonchev–Trinajstić information content (AvgIpc) is 3.37. The molecule has 0 bridgehead atoms. The average molecular weight is 433 g/mol. The Kier molecular flexibility index (Phi) is 5.70. The number of ketones is 1. The van der Waals surface area contributed by atoms with Crippen LogP contribution in [0.15, 0.2) is 70.9 Å². The van der Waals surface area contributed by atoms with Crippen molar-refractivity contribution in [3.63, 3.8) is 0 Å². The number of hydrogen-bond acceptors (Lipinski definition) is 4. The Bertz CT molecular complexity index is 1190. The summed E-state index contributed by atoms with van der Waals surface area (Å²) in [5.74, 6) is -1.63. The molecular weight excluding hydrogens is 409 g/mol. The molecular formula is C26H24FNO4. The highest BCUT2D eigenvalue weighted by Crippen LogP contribution is 2.40. The molecule has 0 radical (unpaired) electrons. The van der Waals surface area contributed by atoms with Crippen LogP contribution in [0, 0.1) is 12.7 Å². The Labute approximate surface area is 185 Å². The molecule has 4 rings (SSSR count). The number of amides is 1. The Hall–Kier alpha value is -3.67. The van der Waals surface area contributed by atoms with E-state index in [-0.39, 0.29) is 17.7 Å². The number of carbonyl (C=O) groups excluding carboxylic acids is 2. The Morgan fingerprint density at radius 1 is 1.12 bits per heavy atom. The highest BCUT2D eigenvalue weighted by atomic mass is 19.1. The maximum absolute atomic E-state index is 14.2. The van der Waals surface area contributed by atoms with Crippen molar-refractivity contribution in [2.45, 2.75) is 39.3 Å². The van der Waals surface area contributed by atoms with Crippen LogP contribution in [0.1, 0.15) is 53.8 Å². The lowest BCUT2D eigenvalue weighted by Crippen LogP contribution is -2.29. The van der Waals surface area contributed by atoms with Gasteiger partial charge < -0.3 is 14.4 Å². The van der Waals surface area contributed by atoms with E-state index in [2.05, 4.69) is 13.8 Å². The molecule has 32 heavy (non-hydrogen) atoms. The topological polar surface area (TPSA) is 70.8 Å². The smallest absolute Gasteiger partial charge is 0.296 e. The van der Waals surface area contributed by atoms with E-state index in [1.54, 1.807) is 19.1 Å². The van der Waals surface area contributed by atoms with Crippen molar-refractivity contribution in [2.75, 3.05) is 0 Å². The number of likely N-dealkylation sites (tertiary alicyclic amines) is 1. The minimum absolute atomic E-state index is 0.0627. The van der Waals surface area contributed by atoms with Crippen LogP contribution in [-0.4, -0.2) is 21.7 Å². The molecule has 2 heterocycles. The number of halogens is 1. The summed E-state index contributed by atoms with van der Waals surface area (Å²) >= 11 is 0. The number of aliphatic hydroxyl groups is 1. The molecule has 5 nitrogen and oxygen atoms in total. The van der Waals surface area contributed by atoms with Gasteiger partial charge in [-0.1, -0.05) is 50.2 Å². The molecule has 6 heteroatoms. The number of rotatable bonds is 5. The normalized spacial score (nSPS) is 18.0. The third-order valence-corrected chi connectivity index (χ3v) is 5.81. The van der Waals surface area contributed by atoms with Crippen molar-refractivity contribution in [3.8, 4) is 0 Å². The van der Waals surface area contributed by atoms with Crippen LogP contribution in [0.4, 0.5) is 4.39 Å². The molecule has 1 aliphatic rings. The second kappa shape index (κ2) is 8.46. The molecule has 1 fully saturated rings. The lowest BCUT2D eigenvalue weighted by atomic mass is 9.93. The standard InChI is InChI=1S/C26H24FNO4/c1-15(2)17-8-10-18(11-9-17)23-22(24(29)19-7-6-16(3)21(27)13-19)25(30)26(31)28(23)14-20-5-4-12-32-20/h4-13,15,23,29H,14H2,1-3H3/b24-22+. The summed E-state index contributed by atoms with van der Waals surface area (Å²) in [4.78, 5) is 27.4. The molecule has 1 aromatic heterocycles. The zero-order chi connectivity index (χ0) is 23.0. The second-order valence-corrected chi connectivity index (χ2v) is 8.29.